The highest BCUT2D eigenvalue weighted by Gasteiger charge is 2.28. The molecule has 0 saturated carbocycles. The maximum absolute atomic E-state index is 12.5. The summed E-state index contributed by atoms with van der Waals surface area (Å²) in [4.78, 5) is 25.3. The topological polar surface area (TPSA) is 57.6 Å². The normalized spacial score (nSPS) is 11.8. The molecule has 120 valence electrons. The minimum Gasteiger partial charge on any atom is -0.480 e. The lowest BCUT2D eigenvalue weighted by atomic mass is 10.0. The Morgan fingerprint density at radius 2 is 1.78 bits per heavy atom. The predicted molar refractivity (Wildman–Crippen MR) is 90.1 cm³/mol. The van der Waals surface area contributed by atoms with Gasteiger partial charge in [0, 0.05) is 18.5 Å². The van der Waals surface area contributed by atoms with Crippen LogP contribution in [0.15, 0.2) is 48.5 Å². The molecule has 4 nitrogen and oxygen atoms in total. The van der Waals surface area contributed by atoms with Crippen LogP contribution < -0.4 is 0 Å². The van der Waals surface area contributed by atoms with Gasteiger partial charge in [-0.2, -0.15) is 0 Å². The first kappa shape index (κ1) is 17.3. The fraction of sp³-hybridized carbons (Fsp3) is 0.176. The number of amides is 1. The van der Waals surface area contributed by atoms with Gasteiger partial charge in [0.15, 0.2) is 0 Å². The van der Waals surface area contributed by atoms with Gasteiger partial charge in [0.1, 0.15) is 6.04 Å². The van der Waals surface area contributed by atoms with Crippen molar-refractivity contribution >= 4 is 35.1 Å². The van der Waals surface area contributed by atoms with E-state index >= 15 is 0 Å². The largest absolute Gasteiger partial charge is 0.480 e. The molecule has 2 rings (SSSR count). The maximum Gasteiger partial charge on any atom is 0.326 e. The molecule has 0 spiro atoms. The van der Waals surface area contributed by atoms with Crippen LogP contribution in [0.4, 0.5) is 0 Å². The highest BCUT2D eigenvalue weighted by molar-refractivity contribution is 6.36. The number of carboxylic acids is 1. The average Bonchev–Trinajstić information content (AvgIpc) is 2.52. The number of carboxylic acid groups (broad SMARTS) is 1. The van der Waals surface area contributed by atoms with Crippen molar-refractivity contribution < 1.29 is 14.7 Å². The van der Waals surface area contributed by atoms with E-state index in [9.17, 15) is 14.7 Å². The first-order chi connectivity index (χ1) is 10.9. The van der Waals surface area contributed by atoms with Crippen LogP contribution in [0.25, 0.3) is 0 Å². The highest BCUT2D eigenvalue weighted by Crippen LogP contribution is 2.23. The minimum atomic E-state index is -1.07. The van der Waals surface area contributed by atoms with E-state index in [-0.39, 0.29) is 17.0 Å². The van der Waals surface area contributed by atoms with Crippen LogP contribution in [0.3, 0.4) is 0 Å². The molecule has 1 atom stereocenters. The van der Waals surface area contributed by atoms with Crippen molar-refractivity contribution in [1.29, 1.82) is 0 Å². The smallest absolute Gasteiger partial charge is 0.326 e. The number of nitrogens with zero attached hydrogens (tertiary/aromatic N) is 1. The fourth-order valence-electron chi connectivity index (χ4n) is 2.22. The van der Waals surface area contributed by atoms with E-state index < -0.39 is 17.9 Å². The van der Waals surface area contributed by atoms with E-state index in [0.29, 0.717) is 5.02 Å². The fourth-order valence-corrected chi connectivity index (χ4v) is 2.71. The lowest BCUT2D eigenvalue weighted by Crippen LogP contribution is -2.43. The molecule has 0 fully saturated rings. The van der Waals surface area contributed by atoms with E-state index in [0.717, 1.165) is 5.56 Å². The van der Waals surface area contributed by atoms with Gasteiger partial charge in [-0.3, -0.25) is 4.79 Å². The molecule has 1 amide bonds. The van der Waals surface area contributed by atoms with Gasteiger partial charge in [-0.25, -0.2) is 4.79 Å². The molecular weight excluding hydrogens is 337 g/mol. The summed E-state index contributed by atoms with van der Waals surface area (Å²) in [6, 6.07) is 12.6. The Bertz CT molecular complexity index is 719. The number of hydrogen-bond donors (Lipinski definition) is 1. The number of rotatable bonds is 5. The standard InChI is InChI=1S/C17H15Cl2NO3/c1-20(16(21)13-8-7-12(18)10-14(13)19)15(17(22)23)9-11-5-3-2-4-6-11/h2-8,10,15H,9H2,1H3,(H,22,23). The Hall–Kier alpha value is -2.04. The Balaban J connectivity index is 2.25. The Morgan fingerprint density at radius 1 is 1.13 bits per heavy atom. The molecule has 2 aromatic rings. The molecule has 0 aliphatic heterocycles. The molecule has 0 saturated heterocycles. The van der Waals surface area contributed by atoms with Gasteiger partial charge in [0.25, 0.3) is 5.91 Å². The molecular formula is C17H15Cl2NO3. The van der Waals surface area contributed by atoms with Crippen molar-refractivity contribution in [3.05, 3.63) is 69.7 Å². The lowest BCUT2D eigenvalue weighted by molar-refractivity contribution is -0.141. The van der Waals surface area contributed by atoms with Crippen molar-refractivity contribution in [1.82, 2.24) is 4.90 Å². The van der Waals surface area contributed by atoms with Crippen LogP contribution in [0.1, 0.15) is 15.9 Å². The van der Waals surface area contributed by atoms with E-state index in [2.05, 4.69) is 0 Å². The summed E-state index contributed by atoms with van der Waals surface area (Å²) >= 11 is 11.9. The van der Waals surface area contributed by atoms with Crippen LogP contribution in [-0.2, 0) is 11.2 Å². The molecule has 0 aliphatic carbocycles. The number of halogens is 2. The first-order valence-electron chi connectivity index (χ1n) is 6.89. The second-order valence-corrected chi connectivity index (χ2v) is 5.93. The molecule has 0 aromatic heterocycles. The molecule has 0 bridgehead atoms. The predicted octanol–water partition coefficient (Wildman–Crippen LogP) is 3.76. The zero-order valence-corrected chi connectivity index (χ0v) is 13.9. The summed E-state index contributed by atoms with van der Waals surface area (Å²) in [6.45, 7) is 0. The molecule has 23 heavy (non-hydrogen) atoms. The minimum absolute atomic E-state index is 0.193. The zero-order valence-electron chi connectivity index (χ0n) is 12.4. The van der Waals surface area contributed by atoms with Gasteiger partial charge in [0.05, 0.1) is 10.6 Å². The van der Waals surface area contributed by atoms with Gasteiger partial charge in [-0.15, -0.1) is 0 Å². The summed E-state index contributed by atoms with van der Waals surface area (Å²) in [5, 5.41) is 10.1. The lowest BCUT2D eigenvalue weighted by Gasteiger charge is -2.25. The summed E-state index contributed by atoms with van der Waals surface area (Å²) in [7, 11) is 1.45. The first-order valence-corrected chi connectivity index (χ1v) is 7.64. The van der Waals surface area contributed by atoms with Gasteiger partial charge in [-0.1, -0.05) is 53.5 Å². The molecule has 0 heterocycles. The van der Waals surface area contributed by atoms with Crippen LogP contribution in [0.2, 0.25) is 10.0 Å². The third-order valence-corrected chi connectivity index (χ3v) is 4.05. The number of aliphatic carboxylic acids is 1. The number of carbonyl (C=O) groups is 2. The van der Waals surface area contributed by atoms with Crippen LogP contribution in [-0.4, -0.2) is 35.0 Å². The number of carbonyl (C=O) groups excluding carboxylic acids is 1. The number of benzene rings is 2. The van der Waals surface area contributed by atoms with E-state index in [1.54, 1.807) is 6.07 Å². The summed E-state index contributed by atoms with van der Waals surface area (Å²) in [5.74, 6) is -1.54. The SMILES string of the molecule is CN(C(=O)c1ccc(Cl)cc1Cl)C(Cc1ccccc1)C(=O)O. The molecule has 0 radical (unpaired) electrons. The summed E-state index contributed by atoms with van der Waals surface area (Å²) < 4.78 is 0. The molecule has 1 unspecified atom stereocenters. The van der Waals surface area contributed by atoms with Crippen LogP contribution in [0, 0.1) is 0 Å². The third kappa shape index (κ3) is 4.24. The average molecular weight is 352 g/mol. The molecule has 0 aliphatic rings. The zero-order chi connectivity index (χ0) is 17.0. The monoisotopic (exact) mass is 351 g/mol. The van der Waals surface area contributed by atoms with Crippen LogP contribution in [0.5, 0.6) is 0 Å². The van der Waals surface area contributed by atoms with Gasteiger partial charge in [-0.05, 0) is 23.8 Å². The number of hydrogen-bond acceptors (Lipinski definition) is 2. The summed E-state index contributed by atoms with van der Waals surface area (Å²) in [6.07, 6.45) is 0.212. The highest BCUT2D eigenvalue weighted by atomic mass is 35.5. The third-order valence-electron chi connectivity index (χ3n) is 3.51. The van der Waals surface area contributed by atoms with E-state index in [1.807, 2.05) is 30.3 Å². The number of likely N-dealkylation sites (N-methyl/N-ethyl adjacent to an activating group) is 1. The maximum atomic E-state index is 12.5. The molecule has 2 aromatic carbocycles. The van der Waals surface area contributed by atoms with Crippen LogP contribution >= 0.6 is 23.2 Å². The van der Waals surface area contributed by atoms with E-state index in [1.165, 1.54) is 24.1 Å². The van der Waals surface area contributed by atoms with Gasteiger partial charge in [0.2, 0.25) is 0 Å². The Morgan fingerprint density at radius 3 is 2.35 bits per heavy atom. The van der Waals surface area contributed by atoms with Crippen molar-refractivity contribution in [3.8, 4) is 0 Å². The molecule has 1 N–H and O–H groups in total. The van der Waals surface area contributed by atoms with Crippen molar-refractivity contribution in [2.75, 3.05) is 7.05 Å². The van der Waals surface area contributed by atoms with Gasteiger partial charge < -0.3 is 10.0 Å². The van der Waals surface area contributed by atoms with Gasteiger partial charge >= 0.3 is 5.97 Å². The molecule has 6 heteroatoms. The van der Waals surface area contributed by atoms with E-state index in [4.69, 9.17) is 23.2 Å². The summed E-state index contributed by atoms with van der Waals surface area (Å²) in [5.41, 5.74) is 1.06. The Labute approximate surface area is 144 Å². The Kier molecular flexibility index (Phi) is 5.64. The quantitative estimate of drug-likeness (QED) is 0.891. The second-order valence-electron chi connectivity index (χ2n) is 5.08. The van der Waals surface area contributed by atoms with Crippen molar-refractivity contribution in [2.24, 2.45) is 0 Å². The van der Waals surface area contributed by atoms with Crippen molar-refractivity contribution in [2.45, 2.75) is 12.5 Å². The van der Waals surface area contributed by atoms with Crippen molar-refractivity contribution in [3.63, 3.8) is 0 Å². The second kappa shape index (κ2) is 7.49.